The number of hydrogen-bond acceptors (Lipinski definition) is 1. The third-order valence-corrected chi connectivity index (χ3v) is 4.46. The average molecular weight is 373 g/mol. The Bertz CT molecular complexity index is 741. The van der Waals surface area contributed by atoms with E-state index in [9.17, 15) is 0 Å². The molecular formula is C19H15BrClN. The topological polar surface area (TPSA) is 12.9 Å². The van der Waals surface area contributed by atoms with E-state index in [1.54, 1.807) is 0 Å². The van der Waals surface area contributed by atoms with Gasteiger partial charge in [0.2, 0.25) is 0 Å². The first-order valence-corrected chi connectivity index (χ1v) is 8.29. The van der Waals surface area contributed by atoms with Gasteiger partial charge in [0, 0.05) is 27.8 Å². The van der Waals surface area contributed by atoms with Crippen molar-refractivity contribution >= 4 is 27.5 Å². The van der Waals surface area contributed by atoms with E-state index < -0.39 is 0 Å². The molecule has 0 fully saturated rings. The van der Waals surface area contributed by atoms with Gasteiger partial charge in [-0.05, 0) is 59.5 Å². The monoisotopic (exact) mass is 371 g/mol. The molecule has 0 amide bonds. The van der Waals surface area contributed by atoms with Crippen molar-refractivity contribution in [2.45, 2.75) is 12.3 Å². The molecule has 1 atom stereocenters. The maximum Gasteiger partial charge on any atom is 0.0406 e. The summed E-state index contributed by atoms with van der Waals surface area (Å²) in [6.45, 7) is 0. The van der Waals surface area contributed by atoms with Crippen LogP contribution in [0, 0.1) is 0 Å². The van der Waals surface area contributed by atoms with Gasteiger partial charge in [-0.3, -0.25) is 4.98 Å². The maximum absolute atomic E-state index is 6.03. The number of rotatable bonds is 4. The molecule has 0 aliphatic rings. The highest BCUT2D eigenvalue weighted by Crippen LogP contribution is 2.30. The fourth-order valence-corrected chi connectivity index (χ4v) is 3.14. The first-order chi connectivity index (χ1) is 10.7. The Labute approximate surface area is 144 Å². The number of pyridine rings is 1. The minimum Gasteiger partial charge on any atom is -0.265 e. The smallest absolute Gasteiger partial charge is 0.0406 e. The average Bonchev–Trinajstić information content (AvgIpc) is 2.55. The van der Waals surface area contributed by atoms with Crippen molar-refractivity contribution in [3.05, 3.63) is 99.2 Å². The molecule has 1 unspecified atom stereocenters. The molecule has 1 aromatic heterocycles. The number of aromatic nitrogens is 1. The van der Waals surface area contributed by atoms with Crippen LogP contribution in [0.25, 0.3) is 0 Å². The second-order valence-electron chi connectivity index (χ2n) is 5.22. The van der Waals surface area contributed by atoms with Crippen molar-refractivity contribution in [1.29, 1.82) is 0 Å². The highest BCUT2D eigenvalue weighted by molar-refractivity contribution is 9.10. The van der Waals surface area contributed by atoms with Crippen LogP contribution in [0.15, 0.2) is 77.5 Å². The van der Waals surface area contributed by atoms with Gasteiger partial charge in [-0.15, -0.1) is 0 Å². The molecule has 110 valence electrons. The van der Waals surface area contributed by atoms with Gasteiger partial charge in [0.15, 0.2) is 0 Å². The molecule has 2 aromatic carbocycles. The molecule has 0 saturated carbocycles. The molecule has 0 radical (unpaired) electrons. The Morgan fingerprint density at radius 3 is 2.32 bits per heavy atom. The van der Waals surface area contributed by atoms with Crippen molar-refractivity contribution in [3.63, 3.8) is 0 Å². The van der Waals surface area contributed by atoms with Crippen LogP contribution in [0.4, 0.5) is 0 Å². The minimum atomic E-state index is 0.289. The van der Waals surface area contributed by atoms with Crippen LogP contribution in [0.1, 0.15) is 22.6 Å². The second kappa shape index (κ2) is 7.08. The normalized spacial score (nSPS) is 12.1. The van der Waals surface area contributed by atoms with Gasteiger partial charge in [0.05, 0.1) is 0 Å². The van der Waals surface area contributed by atoms with Crippen molar-refractivity contribution in [2.24, 2.45) is 0 Å². The van der Waals surface area contributed by atoms with Gasteiger partial charge in [0.25, 0.3) is 0 Å². The van der Waals surface area contributed by atoms with E-state index >= 15 is 0 Å². The summed E-state index contributed by atoms with van der Waals surface area (Å²) in [5.41, 5.74) is 3.82. The first kappa shape index (κ1) is 15.3. The van der Waals surface area contributed by atoms with E-state index in [1.807, 2.05) is 24.5 Å². The molecule has 0 aliphatic carbocycles. The fourth-order valence-electron chi connectivity index (χ4n) is 2.60. The summed E-state index contributed by atoms with van der Waals surface area (Å²) >= 11 is 9.60. The lowest BCUT2D eigenvalue weighted by atomic mass is 9.86. The molecule has 3 rings (SSSR count). The molecule has 0 spiro atoms. The van der Waals surface area contributed by atoms with E-state index in [1.165, 1.54) is 16.7 Å². The predicted octanol–water partition coefficient (Wildman–Crippen LogP) is 5.87. The Morgan fingerprint density at radius 1 is 0.909 bits per heavy atom. The first-order valence-electron chi connectivity index (χ1n) is 7.12. The van der Waals surface area contributed by atoms with E-state index in [2.05, 4.69) is 69.4 Å². The molecule has 0 aliphatic heterocycles. The van der Waals surface area contributed by atoms with Crippen LogP contribution in [0.5, 0.6) is 0 Å². The Hall–Kier alpha value is -1.64. The largest absolute Gasteiger partial charge is 0.265 e. The molecule has 1 nitrogen and oxygen atoms in total. The van der Waals surface area contributed by atoms with Crippen LogP contribution in [-0.2, 0) is 6.42 Å². The molecule has 3 heteroatoms. The van der Waals surface area contributed by atoms with Crippen molar-refractivity contribution in [2.75, 3.05) is 0 Å². The second-order valence-corrected chi connectivity index (χ2v) is 6.57. The number of benzene rings is 2. The van der Waals surface area contributed by atoms with Gasteiger partial charge in [-0.25, -0.2) is 0 Å². The van der Waals surface area contributed by atoms with Gasteiger partial charge in [0.1, 0.15) is 0 Å². The zero-order chi connectivity index (χ0) is 15.4. The quantitative estimate of drug-likeness (QED) is 0.558. The summed E-state index contributed by atoms with van der Waals surface area (Å²) in [6.07, 6.45) is 4.62. The Morgan fingerprint density at radius 2 is 1.64 bits per heavy atom. The summed E-state index contributed by atoms with van der Waals surface area (Å²) in [5, 5.41) is 0.764. The summed E-state index contributed by atoms with van der Waals surface area (Å²) in [5.74, 6) is 0.289. The van der Waals surface area contributed by atoms with Crippen molar-refractivity contribution < 1.29 is 0 Å². The van der Waals surface area contributed by atoms with Gasteiger partial charge < -0.3 is 0 Å². The minimum absolute atomic E-state index is 0.289. The predicted molar refractivity (Wildman–Crippen MR) is 95.4 cm³/mol. The Kier molecular flexibility index (Phi) is 4.91. The van der Waals surface area contributed by atoms with Crippen molar-refractivity contribution in [3.8, 4) is 0 Å². The maximum atomic E-state index is 6.03. The van der Waals surface area contributed by atoms with E-state index in [4.69, 9.17) is 11.6 Å². The fraction of sp³-hybridized carbons (Fsp3) is 0.105. The van der Waals surface area contributed by atoms with Crippen LogP contribution in [-0.4, -0.2) is 4.98 Å². The third kappa shape index (κ3) is 3.76. The SMILES string of the molecule is Clc1ccc(C(Cc2ccncc2)c2cccc(Br)c2)cc1. The third-order valence-electron chi connectivity index (χ3n) is 3.71. The molecular weight excluding hydrogens is 358 g/mol. The van der Waals surface area contributed by atoms with Crippen LogP contribution >= 0.6 is 27.5 Å². The number of hydrogen-bond donors (Lipinski definition) is 0. The zero-order valence-electron chi connectivity index (χ0n) is 11.9. The summed E-state index contributed by atoms with van der Waals surface area (Å²) in [7, 11) is 0. The van der Waals surface area contributed by atoms with Gasteiger partial charge >= 0.3 is 0 Å². The molecule has 0 bridgehead atoms. The number of nitrogens with zero attached hydrogens (tertiary/aromatic N) is 1. The van der Waals surface area contributed by atoms with E-state index in [0.29, 0.717) is 0 Å². The standard InChI is InChI=1S/C19H15BrClN/c20-17-3-1-2-16(13-17)19(12-14-8-10-22-11-9-14)15-4-6-18(21)7-5-15/h1-11,13,19H,12H2. The highest BCUT2D eigenvalue weighted by Gasteiger charge is 2.15. The van der Waals surface area contributed by atoms with Crippen LogP contribution < -0.4 is 0 Å². The van der Waals surface area contributed by atoms with Gasteiger partial charge in [-0.2, -0.15) is 0 Å². The lowest BCUT2D eigenvalue weighted by molar-refractivity contribution is 0.803. The van der Waals surface area contributed by atoms with Gasteiger partial charge in [-0.1, -0.05) is 51.8 Å². The van der Waals surface area contributed by atoms with Crippen LogP contribution in [0.3, 0.4) is 0 Å². The summed E-state index contributed by atoms with van der Waals surface area (Å²) in [4.78, 5) is 4.10. The van der Waals surface area contributed by atoms with Crippen molar-refractivity contribution in [1.82, 2.24) is 4.98 Å². The molecule has 1 heterocycles. The Balaban J connectivity index is 2.00. The number of halogens is 2. The lowest BCUT2D eigenvalue weighted by Crippen LogP contribution is -2.05. The summed E-state index contributed by atoms with van der Waals surface area (Å²) in [6, 6.07) is 20.7. The van der Waals surface area contributed by atoms with Crippen LogP contribution in [0.2, 0.25) is 5.02 Å². The molecule has 3 aromatic rings. The highest BCUT2D eigenvalue weighted by atomic mass is 79.9. The lowest BCUT2D eigenvalue weighted by Gasteiger charge is -2.19. The summed E-state index contributed by atoms with van der Waals surface area (Å²) < 4.78 is 1.10. The van der Waals surface area contributed by atoms with E-state index in [-0.39, 0.29) is 5.92 Å². The molecule has 0 N–H and O–H groups in total. The zero-order valence-corrected chi connectivity index (χ0v) is 14.3. The molecule has 0 saturated heterocycles. The molecule has 22 heavy (non-hydrogen) atoms. The van der Waals surface area contributed by atoms with E-state index in [0.717, 1.165) is 15.9 Å².